The Labute approximate surface area is 157 Å². The van der Waals surface area contributed by atoms with E-state index in [9.17, 15) is 18.5 Å². The van der Waals surface area contributed by atoms with Crippen LogP contribution in [-0.2, 0) is 16.6 Å². The van der Waals surface area contributed by atoms with Crippen molar-refractivity contribution in [3.8, 4) is 0 Å². The first-order valence-electron chi connectivity index (χ1n) is 8.08. The number of nitro groups is 1. The van der Waals surface area contributed by atoms with E-state index in [1.165, 1.54) is 22.5 Å². The van der Waals surface area contributed by atoms with Gasteiger partial charge in [0.1, 0.15) is 0 Å². The molecule has 3 rings (SSSR count). The van der Waals surface area contributed by atoms with Crippen LogP contribution in [0.3, 0.4) is 0 Å². The van der Waals surface area contributed by atoms with Gasteiger partial charge in [-0.1, -0.05) is 23.7 Å². The van der Waals surface area contributed by atoms with Crippen LogP contribution in [0.4, 0.5) is 5.69 Å². The Kier molecular flexibility index (Phi) is 5.57. The molecule has 1 fully saturated rings. The average Bonchev–Trinajstić information content (AvgIpc) is 2.63. The lowest BCUT2D eigenvalue weighted by Gasteiger charge is -2.34. The minimum Gasteiger partial charge on any atom is -0.296 e. The first kappa shape index (κ1) is 18.8. The van der Waals surface area contributed by atoms with Gasteiger partial charge in [-0.3, -0.25) is 15.0 Å². The van der Waals surface area contributed by atoms with Gasteiger partial charge in [-0.2, -0.15) is 4.31 Å². The number of halogens is 1. The van der Waals surface area contributed by atoms with Gasteiger partial charge >= 0.3 is 0 Å². The minimum absolute atomic E-state index is 0.0615. The van der Waals surface area contributed by atoms with Crippen LogP contribution in [0.2, 0.25) is 5.02 Å². The summed E-state index contributed by atoms with van der Waals surface area (Å²) in [6.07, 6.45) is 0. The number of sulfonamides is 1. The van der Waals surface area contributed by atoms with Gasteiger partial charge in [0.25, 0.3) is 5.69 Å². The molecule has 1 saturated heterocycles. The molecule has 0 aromatic heterocycles. The first-order chi connectivity index (χ1) is 12.4. The first-order valence-corrected chi connectivity index (χ1v) is 9.89. The number of hydrogen-bond acceptors (Lipinski definition) is 5. The Morgan fingerprint density at radius 3 is 2.31 bits per heavy atom. The highest BCUT2D eigenvalue weighted by atomic mass is 35.5. The number of rotatable bonds is 5. The predicted octanol–water partition coefficient (Wildman–Crippen LogP) is 2.75. The standard InChI is InChI=1S/C17H18ClN3O4S/c18-15-4-6-17(7-5-15)26(24,25)20-10-8-19(9-11-20)13-14-2-1-3-16(12-14)21(22)23/h1-7,12H,8-11,13H2. The predicted molar refractivity (Wildman–Crippen MR) is 98.6 cm³/mol. The van der Waals surface area contributed by atoms with Crippen molar-refractivity contribution in [2.45, 2.75) is 11.4 Å². The van der Waals surface area contributed by atoms with E-state index in [1.807, 2.05) is 6.07 Å². The Balaban J connectivity index is 1.63. The zero-order chi connectivity index (χ0) is 18.7. The summed E-state index contributed by atoms with van der Waals surface area (Å²) in [5.74, 6) is 0. The second kappa shape index (κ2) is 7.71. The molecule has 0 unspecified atom stereocenters. The van der Waals surface area contributed by atoms with Crippen LogP contribution in [0.5, 0.6) is 0 Å². The lowest BCUT2D eigenvalue weighted by atomic mass is 10.2. The maximum atomic E-state index is 12.7. The zero-order valence-electron chi connectivity index (χ0n) is 13.9. The molecule has 0 amide bonds. The molecular weight excluding hydrogens is 378 g/mol. The van der Waals surface area contributed by atoms with Gasteiger partial charge in [-0.15, -0.1) is 0 Å². The molecule has 1 aliphatic rings. The normalized spacial score (nSPS) is 16.5. The third-order valence-electron chi connectivity index (χ3n) is 4.31. The lowest BCUT2D eigenvalue weighted by molar-refractivity contribution is -0.384. The van der Waals surface area contributed by atoms with Gasteiger partial charge < -0.3 is 0 Å². The number of piperazine rings is 1. The van der Waals surface area contributed by atoms with Gasteiger partial charge in [0.2, 0.25) is 10.0 Å². The Morgan fingerprint density at radius 1 is 1.04 bits per heavy atom. The average molecular weight is 396 g/mol. The van der Waals surface area contributed by atoms with Crippen molar-refractivity contribution in [2.75, 3.05) is 26.2 Å². The summed E-state index contributed by atoms with van der Waals surface area (Å²) < 4.78 is 26.8. The highest BCUT2D eigenvalue weighted by Gasteiger charge is 2.28. The van der Waals surface area contributed by atoms with Crippen LogP contribution < -0.4 is 0 Å². The molecule has 0 saturated carbocycles. The van der Waals surface area contributed by atoms with Crippen molar-refractivity contribution < 1.29 is 13.3 Å². The molecule has 9 heteroatoms. The molecule has 0 atom stereocenters. The van der Waals surface area contributed by atoms with Crippen LogP contribution in [0.15, 0.2) is 53.4 Å². The van der Waals surface area contributed by atoms with E-state index in [4.69, 9.17) is 11.6 Å². The van der Waals surface area contributed by atoms with E-state index in [-0.39, 0.29) is 10.6 Å². The largest absolute Gasteiger partial charge is 0.296 e. The molecule has 26 heavy (non-hydrogen) atoms. The summed E-state index contributed by atoms with van der Waals surface area (Å²) in [6, 6.07) is 12.6. The quantitative estimate of drug-likeness (QED) is 0.574. The third kappa shape index (κ3) is 4.21. The van der Waals surface area contributed by atoms with Crippen LogP contribution in [-0.4, -0.2) is 48.7 Å². The Hall–Kier alpha value is -2.00. The summed E-state index contributed by atoms with van der Waals surface area (Å²) in [4.78, 5) is 12.8. The summed E-state index contributed by atoms with van der Waals surface area (Å²) >= 11 is 5.82. The van der Waals surface area contributed by atoms with Crippen molar-refractivity contribution in [1.82, 2.24) is 9.21 Å². The molecule has 138 valence electrons. The van der Waals surface area contributed by atoms with E-state index >= 15 is 0 Å². The van der Waals surface area contributed by atoms with Crippen molar-refractivity contribution in [1.29, 1.82) is 0 Å². The third-order valence-corrected chi connectivity index (χ3v) is 6.48. The second-order valence-corrected chi connectivity index (χ2v) is 8.44. The summed E-state index contributed by atoms with van der Waals surface area (Å²) in [5, 5.41) is 11.4. The second-order valence-electron chi connectivity index (χ2n) is 6.06. The maximum Gasteiger partial charge on any atom is 0.269 e. The summed E-state index contributed by atoms with van der Waals surface area (Å²) in [6.45, 7) is 2.43. The molecule has 2 aromatic carbocycles. The van der Waals surface area contributed by atoms with Gasteiger partial charge in [0.05, 0.1) is 9.82 Å². The molecule has 0 spiro atoms. The summed E-state index contributed by atoms with van der Waals surface area (Å²) in [7, 11) is -3.53. The molecule has 2 aromatic rings. The van der Waals surface area contributed by atoms with Gasteiger partial charge in [-0.25, -0.2) is 8.42 Å². The molecular formula is C17H18ClN3O4S. The molecule has 0 aliphatic carbocycles. The Bertz CT molecular complexity index is 894. The fraction of sp³-hybridized carbons (Fsp3) is 0.294. The molecule has 0 bridgehead atoms. The van der Waals surface area contributed by atoms with E-state index in [1.54, 1.807) is 24.3 Å². The number of hydrogen-bond donors (Lipinski definition) is 0. The molecule has 0 N–H and O–H groups in total. The van der Waals surface area contributed by atoms with E-state index in [0.29, 0.717) is 37.7 Å². The lowest BCUT2D eigenvalue weighted by Crippen LogP contribution is -2.48. The highest BCUT2D eigenvalue weighted by Crippen LogP contribution is 2.21. The highest BCUT2D eigenvalue weighted by molar-refractivity contribution is 7.89. The zero-order valence-corrected chi connectivity index (χ0v) is 15.5. The van der Waals surface area contributed by atoms with Gasteiger partial charge in [0.15, 0.2) is 0 Å². The SMILES string of the molecule is O=[N+]([O-])c1cccc(CN2CCN(S(=O)(=O)c3ccc(Cl)cc3)CC2)c1. The van der Waals surface area contributed by atoms with E-state index in [0.717, 1.165) is 5.56 Å². The number of benzene rings is 2. The van der Waals surface area contributed by atoms with Crippen molar-refractivity contribution in [2.24, 2.45) is 0 Å². The Morgan fingerprint density at radius 2 is 1.69 bits per heavy atom. The molecule has 1 aliphatic heterocycles. The van der Waals surface area contributed by atoms with E-state index in [2.05, 4.69) is 4.90 Å². The fourth-order valence-electron chi connectivity index (χ4n) is 2.91. The van der Waals surface area contributed by atoms with E-state index < -0.39 is 14.9 Å². The van der Waals surface area contributed by atoms with Crippen LogP contribution >= 0.6 is 11.6 Å². The minimum atomic E-state index is -3.53. The number of nitro benzene ring substituents is 1. The van der Waals surface area contributed by atoms with Crippen LogP contribution in [0, 0.1) is 10.1 Å². The van der Waals surface area contributed by atoms with Gasteiger partial charge in [0, 0.05) is 49.9 Å². The number of non-ortho nitro benzene ring substituents is 1. The van der Waals surface area contributed by atoms with Crippen molar-refractivity contribution in [3.63, 3.8) is 0 Å². The smallest absolute Gasteiger partial charge is 0.269 e. The molecule has 7 nitrogen and oxygen atoms in total. The number of nitrogens with zero attached hydrogens (tertiary/aromatic N) is 3. The van der Waals surface area contributed by atoms with Crippen LogP contribution in [0.1, 0.15) is 5.56 Å². The fourth-order valence-corrected chi connectivity index (χ4v) is 4.46. The monoisotopic (exact) mass is 395 g/mol. The van der Waals surface area contributed by atoms with Crippen LogP contribution in [0.25, 0.3) is 0 Å². The topological polar surface area (TPSA) is 83.8 Å². The summed E-state index contributed by atoms with van der Waals surface area (Å²) in [5.41, 5.74) is 0.902. The van der Waals surface area contributed by atoms with Crippen molar-refractivity contribution >= 4 is 27.3 Å². The van der Waals surface area contributed by atoms with Gasteiger partial charge in [-0.05, 0) is 29.8 Å². The molecule has 1 heterocycles. The maximum absolute atomic E-state index is 12.7. The molecule has 0 radical (unpaired) electrons. The van der Waals surface area contributed by atoms with Crippen molar-refractivity contribution in [3.05, 3.63) is 69.2 Å².